The number of carbonyl (C=O) groups is 2. The molecule has 1 fully saturated rings. The first-order chi connectivity index (χ1) is 13.4. The number of hydrogen-bond acceptors (Lipinski definition) is 3. The summed E-state index contributed by atoms with van der Waals surface area (Å²) in [4.78, 5) is 24.8. The molecule has 0 unspecified atom stereocenters. The average molecular weight is 380 g/mol. The molecule has 5 heteroatoms. The van der Waals surface area contributed by atoms with Crippen molar-refractivity contribution in [1.82, 2.24) is 5.32 Å². The molecule has 0 saturated heterocycles. The van der Waals surface area contributed by atoms with E-state index >= 15 is 0 Å². The molecule has 2 N–H and O–H groups in total. The van der Waals surface area contributed by atoms with Gasteiger partial charge in [0, 0.05) is 17.6 Å². The highest BCUT2D eigenvalue weighted by Gasteiger charge is 2.36. The van der Waals surface area contributed by atoms with Crippen molar-refractivity contribution < 1.29 is 14.3 Å². The largest absolute Gasteiger partial charge is 0.497 e. The molecule has 0 atom stereocenters. The fourth-order valence-corrected chi connectivity index (χ4v) is 4.03. The number of rotatable bonds is 5. The Labute approximate surface area is 166 Å². The Kier molecular flexibility index (Phi) is 6.02. The van der Waals surface area contributed by atoms with Crippen LogP contribution in [0.1, 0.15) is 42.4 Å². The molecule has 148 valence electrons. The van der Waals surface area contributed by atoms with Crippen molar-refractivity contribution in [3.8, 4) is 5.75 Å². The number of nitrogens with one attached hydrogen (secondary N) is 2. The van der Waals surface area contributed by atoms with Gasteiger partial charge >= 0.3 is 11.8 Å². The molecule has 3 rings (SSSR count). The van der Waals surface area contributed by atoms with Crippen LogP contribution in [0.15, 0.2) is 42.5 Å². The zero-order valence-electron chi connectivity index (χ0n) is 16.8. The summed E-state index contributed by atoms with van der Waals surface area (Å²) in [6.45, 7) is 4.36. The first-order valence-electron chi connectivity index (χ1n) is 9.74. The Morgan fingerprint density at radius 2 is 1.68 bits per heavy atom. The van der Waals surface area contributed by atoms with Gasteiger partial charge in [0.25, 0.3) is 0 Å². The lowest BCUT2D eigenvalue weighted by Gasteiger charge is -2.30. The van der Waals surface area contributed by atoms with E-state index in [2.05, 4.69) is 22.8 Å². The van der Waals surface area contributed by atoms with Gasteiger partial charge in [-0.2, -0.15) is 0 Å². The van der Waals surface area contributed by atoms with Gasteiger partial charge in [-0.25, -0.2) is 0 Å². The normalized spacial score (nSPS) is 15.1. The van der Waals surface area contributed by atoms with Crippen LogP contribution < -0.4 is 15.4 Å². The maximum atomic E-state index is 12.4. The Hall–Kier alpha value is -2.82. The number of anilines is 1. The number of benzene rings is 2. The van der Waals surface area contributed by atoms with E-state index in [4.69, 9.17) is 4.74 Å². The van der Waals surface area contributed by atoms with E-state index in [9.17, 15) is 9.59 Å². The highest BCUT2D eigenvalue weighted by atomic mass is 16.5. The van der Waals surface area contributed by atoms with Crippen molar-refractivity contribution >= 4 is 17.5 Å². The van der Waals surface area contributed by atoms with Gasteiger partial charge in [-0.05, 0) is 56.0 Å². The number of aryl methyl sites for hydroxylation is 2. The van der Waals surface area contributed by atoms with Gasteiger partial charge in [0.1, 0.15) is 5.75 Å². The molecule has 2 aromatic carbocycles. The Morgan fingerprint density at radius 1 is 1.00 bits per heavy atom. The molecule has 1 aliphatic rings. The van der Waals surface area contributed by atoms with E-state index in [0.29, 0.717) is 12.2 Å². The number of methoxy groups -OCH3 is 1. The lowest BCUT2D eigenvalue weighted by molar-refractivity contribution is -0.136. The molecule has 0 radical (unpaired) electrons. The van der Waals surface area contributed by atoms with Crippen LogP contribution in [0.25, 0.3) is 0 Å². The van der Waals surface area contributed by atoms with Gasteiger partial charge < -0.3 is 15.4 Å². The van der Waals surface area contributed by atoms with Crippen LogP contribution in [0, 0.1) is 13.8 Å². The van der Waals surface area contributed by atoms with Crippen molar-refractivity contribution in [2.75, 3.05) is 19.0 Å². The van der Waals surface area contributed by atoms with Crippen LogP contribution in [0.4, 0.5) is 5.69 Å². The fraction of sp³-hybridized carbons (Fsp3) is 0.391. The Bertz CT molecular complexity index is 853. The number of hydrogen-bond donors (Lipinski definition) is 2. The molecular formula is C23H28N2O3. The Morgan fingerprint density at radius 3 is 2.29 bits per heavy atom. The van der Waals surface area contributed by atoms with Crippen LogP contribution in [-0.2, 0) is 15.0 Å². The van der Waals surface area contributed by atoms with Gasteiger partial charge in [0.15, 0.2) is 0 Å². The molecule has 2 amide bonds. The molecule has 2 aromatic rings. The summed E-state index contributed by atoms with van der Waals surface area (Å²) in [6.07, 6.45) is 4.24. The summed E-state index contributed by atoms with van der Waals surface area (Å²) >= 11 is 0. The maximum Gasteiger partial charge on any atom is 0.313 e. The summed E-state index contributed by atoms with van der Waals surface area (Å²) < 4.78 is 5.25. The molecule has 28 heavy (non-hydrogen) atoms. The van der Waals surface area contributed by atoms with E-state index in [1.165, 1.54) is 5.56 Å². The fourth-order valence-electron chi connectivity index (χ4n) is 4.03. The lowest BCUT2D eigenvalue weighted by atomic mass is 9.78. The second kappa shape index (κ2) is 8.46. The van der Waals surface area contributed by atoms with Crippen LogP contribution in [0.3, 0.4) is 0 Å². The second-order valence-electron chi connectivity index (χ2n) is 7.67. The summed E-state index contributed by atoms with van der Waals surface area (Å²) in [7, 11) is 1.65. The molecule has 5 nitrogen and oxygen atoms in total. The monoisotopic (exact) mass is 380 g/mol. The number of amides is 2. The van der Waals surface area contributed by atoms with E-state index in [-0.39, 0.29) is 5.41 Å². The summed E-state index contributed by atoms with van der Waals surface area (Å²) in [5.74, 6) is -0.414. The minimum atomic E-state index is -0.630. The smallest absolute Gasteiger partial charge is 0.313 e. The van der Waals surface area contributed by atoms with Crippen molar-refractivity contribution in [3.63, 3.8) is 0 Å². The maximum absolute atomic E-state index is 12.4. The van der Waals surface area contributed by atoms with E-state index in [1.54, 1.807) is 7.11 Å². The molecule has 1 saturated carbocycles. The van der Waals surface area contributed by atoms with E-state index < -0.39 is 11.8 Å². The van der Waals surface area contributed by atoms with Gasteiger partial charge in [0.2, 0.25) is 0 Å². The number of ether oxygens (including phenoxy) is 1. The average Bonchev–Trinajstić information content (AvgIpc) is 3.18. The van der Waals surface area contributed by atoms with Crippen LogP contribution >= 0.6 is 0 Å². The minimum absolute atomic E-state index is 0.123. The second-order valence-corrected chi connectivity index (χ2v) is 7.67. The first kappa shape index (κ1) is 19.9. The van der Waals surface area contributed by atoms with E-state index in [0.717, 1.165) is 42.6 Å². The third-order valence-corrected chi connectivity index (χ3v) is 5.69. The Balaban J connectivity index is 1.66. The molecule has 0 heterocycles. The summed E-state index contributed by atoms with van der Waals surface area (Å²) in [5.41, 5.74) is 3.77. The quantitative estimate of drug-likeness (QED) is 0.774. The zero-order chi connectivity index (χ0) is 20.1. The summed E-state index contributed by atoms with van der Waals surface area (Å²) in [5, 5.41) is 5.57. The number of carbonyl (C=O) groups excluding carboxylic acids is 2. The van der Waals surface area contributed by atoms with Gasteiger partial charge in [-0.1, -0.05) is 42.7 Å². The van der Waals surface area contributed by atoms with E-state index in [1.807, 2.05) is 44.2 Å². The highest BCUT2D eigenvalue weighted by Crippen LogP contribution is 2.41. The molecule has 0 bridgehead atoms. The summed E-state index contributed by atoms with van der Waals surface area (Å²) in [6, 6.07) is 13.7. The molecule has 1 aliphatic carbocycles. The van der Waals surface area contributed by atoms with Gasteiger partial charge in [-0.3, -0.25) is 9.59 Å². The molecule has 0 aromatic heterocycles. The first-order valence-corrected chi connectivity index (χ1v) is 9.74. The lowest BCUT2D eigenvalue weighted by Crippen LogP contribution is -2.43. The minimum Gasteiger partial charge on any atom is -0.497 e. The van der Waals surface area contributed by atoms with Crippen LogP contribution in [0.5, 0.6) is 5.75 Å². The highest BCUT2D eigenvalue weighted by molar-refractivity contribution is 6.39. The van der Waals surface area contributed by atoms with Gasteiger partial charge in [0.05, 0.1) is 7.11 Å². The van der Waals surface area contributed by atoms with Gasteiger partial charge in [-0.15, -0.1) is 0 Å². The predicted octanol–water partition coefficient (Wildman–Crippen LogP) is 3.88. The molecular weight excluding hydrogens is 352 g/mol. The van der Waals surface area contributed by atoms with Crippen molar-refractivity contribution in [3.05, 3.63) is 59.2 Å². The van der Waals surface area contributed by atoms with Crippen LogP contribution in [-0.4, -0.2) is 25.5 Å². The third-order valence-electron chi connectivity index (χ3n) is 5.69. The van der Waals surface area contributed by atoms with Crippen molar-refractivity contribution in [2.24, 2.45) is 0 Å². The SMILES string of the molecule is COc1ccc(C2(CNC(=O)C(=O)Nc3ccc(C)cc3C)CCCC2)cc1. The van der Waals surface area contributed by atoms with Crippen molar-refractivity contribution in [1.29, 1.82) is 0 Å². The predicted molar refractivity (Wildman–Crippen MR) is 111 cm³/mol. The topological polar surface area (TPSA) is 67.4 Å². The van der Waals surface area contributed by atoms with Crippen LogP contribution in [0.2, 0.25) is 0 Å². The molecule has 0 aliphatic heterocycles. The third kappa shape index (κ3) is 4.35. The zero-order valence-corrected chi connectivity index (χ0v) is 16.8. The van der Waals surface area contributed by atoms with Crippen molar-refractivity contribution in [2.45, 2.75) is 44.9 Å². The standard InChI is InChI=1S/C23H28N2O3/c1-16-6-11-20(17(2)14-16)25-22(27)21(26)24-15-23(12-4-5-13-23)18-7-9-19(28-3)10-8-18/h6-11,14H,4-5,12-13,15H2,1-3H3,(H,24,26)(H,25,27). The molecule has 0 spiro atoms.